The number of amides is 1. The lowest BCUT2D eigenvalue weighted by atomic mass is 10.2. The van der Waals surface area contributed by atoms with Crippen LogP contribution in [-0.4, -0.2) is 5.91 Å². The van der Waals surface area contributed by atoms with Crippen LogP contribution in [0.4, 0.5) is 5.69 Å². The maximum absolute atomic E-state index is 12.4. The van der Waals surface area contributed by atoms with E-state index in [0.717, 1.165) is 21.3 Å². The van der Waals surface area contributed by atoms with Gasteiger partial charge in [0, 0.05) is 10.7 Å². The SMILES string of the molecule is O=C(Nc1ccc2c(c1)Sc1ccccc1O2)c1ccc(Cl)cc1Cl. The summed E-state index contributed by atoms with van der Waals surface area (Å²) in [4.78, 5) is 14.4. The number of rotatable bonds is 2. The fourth-order valence-electron chi connectivity index (χ4n) is 2.48. The second-order valence-electron chi connectivity index (χ2n) is 5.39. The van der Waals surface area contributed by atoms with Crippen LogP contribution in [0.3, 0.4) is 0 Å². The third-order valence-electron chi connectivity index (χ3n) is 3.67. The Hall–Kier alpha value is -2.14. The number of carbonyl (C=O) groups excluding carboxylic acids is 1. The topological polar surface area (TPSA) is 38.3 Å². The molecule has 0 bridgehead atoms. The van der Waals surface area contributed by atoms with Crippen molar-refractivity contribution in [2.75, 3.05) is 5.32 Å². The number of halogens is 2. The van der Waals surface area contributed by atoms with Gasteiger partial charge in [0.05, 0.1) is 20.4 Å². The minimum atomic E-state index is -0.288. The predicted octanol–water partition coefficient (Wildman–Crippen LogP) is 6.50. The van der Waals surface area contributed by atoms with Gasteiger partial charge in [-0.2, -0.15) is 0 Å². The van der Waals surface area contributed by atoms with Gasteiger partial charge in [-0.25, -0.2) is 0 Å². The normalized spacial score (nSPS) is 11.9. The lowest BCUT2D eigenvalue weighted by Crippen LogP contribution is -2.12. The maximum atomic E-state index is 12.4. The van der Waals surface area contributed by atoms with Gasteiger partial charge in [-0.3, -0.25) is 4.79 Å². The maximum Gasteiger partial charge on any atom is 0.257 e. The number of benzene rings is 3. The molecule has 0 saturated heterocycles. The number of hydrogen-bond donors (Lipinski definition) is 1. The zero-order valence-electron chi connectivity index (χ0n) is 12.8. The molecular formula is C19H11Cl2NO2S. The van der Waals surface area contributed by atoms with E-state index < -0.39 is 0 Å². The van der Waals surface area contributed by atoms with E-state index in [0.29, 0.717) is 21.3 Å². The van der Waals surface area contributed by atoms with E-state index in [-0.39, 0.29) is 5.91 Å². The second-order valence-corrected chi connectivity index (χ2v) is 7.32. The van der Waals surface area contributed by atoms with Crippen molar-refractivity contribution in [2.24, 2.45) is 0 Å². The van der Waals surface area contributed by atoms with Crippen LogP contribution in [0, 0.1) is 0 Å². The third-order valence-corrected chi connectivity index (χ3v) is 5.31. The molecule has 1 aliphatic heterocycles. The first-order chi connectivity index (χ1) is 12.1. The summed E-state index contributed by atoms with van der Waals surface area (Å²) < 4.78 is 5.89. The molecule has 0 radical (unpaired) electrons. The number of hydrogen-bond acceptors (Lipinski definition) is 3. The number of nitrogens with one attached hydrogen (secondary N) is 1. The average Bonchev–Trinajstić information content (AvgIpc) is 2.59. The molecule has 0 fully saturated rings. The zero-order valence-corrected chi connectivity index (χ0v) is 15.1. The van der Waals surface area contributed by atoms with Crippen molar-refractivity contribution in [1.82, 2.24) is 0 Å². The van der Waals surface area contributed by atoms with Crippen LogP contribution in [0.25, 0.3) is 0 Å². The summed E-state index contributed by atoms with van der Waals surface area (Å²) in [5, 5.41) is 3.66. The fraction of sp³-hybridized carbons (Fsp3) is 0. The Morgan fingerprint density at radius 1 is 0.920 bits per heavy atom. The summed E-state index contributed by atoms with van der Waals surface area (Å²) in [7, 11) is 0. The van der Waals surface area contributed by atoms with Gasteiger partial charge in [-0.15, -0.1) is 0 Å². The molecule has 0 spiro atoms. The molecule has 0 aliphatic carbocycles. The van der Waals surface area contributed by atoms with Gasteiger partial charge in [0.1, 0.15) is 11.5 Å². The van der Waals surface area contributed by atoms with Crippen LogP contribution in [0.15, 0.2) is 70.5 Å². The Balaban J connectivity index is 1.58. The minimum absolute atomic E-state index is 0.288. The summed E-state index contributed by atoms with van der Waals surface area (Å²) in [6, 6.07) is 18.2. The number of anilines is 1. The number of ether oxygens (including phenoxy) is 1. The number of fused-ring (bicyclic) bond motifs is 2. The van der Waals surface area contributed by atoms with Crippen molar-refractivity contribution < 1.29 is 9.53 Å². The van der Waals surface area contributed by atoms with Gasteiger partial charge in [0.2, 0.25) is 0 Å². The second kappa shape index (κ2) is 6.64. The first kappa shape index (κ1) is 16.3. The molecule has 0 saturated carbocycles. The summed E-state index contributed by atoms with van der Waals surface area (Å²) in [6.45, 7) is 0. The summed E-state index contributed by atoms with van der Waals surface area (Å²) in [5.74, 6) is 1.32. The summed E-state index contributed by atoms with van der Waals surface area (Å²) in [6.07, 6.45) is 0. The van der Waals surface area contributed by atoms with E-state index >= 15 is 0 Å². The van der Waals surface area contributed by atoms with Gasteiger partial charge >= 0.3 is 0 Å². The minimum Gasteiger partial charge on any atom is -0.455 e. The average molecular weight is 388 g/mol. The molecule has 4 rings (SSSR count). The van der Waals surface area contributed by atoms with Crippen molar-refractivity contribution >= 4 is 46.6 Å². The Kier molecular flexibility index (Phi) is 4.34. The van der Waals surface area contributed by atoms with Crippen molar-refractivity contribution in [3.05, 3.63) is 76.3 Å². The van der Waals surface area contributed by atoms with Crippen LogP contribution in [0.1, 0.15) is 10.4 Å². The van der Waals surface area contributed by atoms with Crippen molar-refractivity contribution in [2.45, 2.75) is 9.79 Å². The molecule has 1 heterocycles. The summed E-state index contributed by atoms with van der Waals surface area (Å²) in [5.41, 5.74) is 1.04. The molecule has 1 aliphatic rings. The van der Waals surface area contributed by atoms with Gasteiger partial charge in [-0.05, 0) is 48.5 Å². The first-order valence-electron chi connectivity index (χ1n) is 7.45. The summed E-state index contributed by atoms with van der Waals surface area (Å²) >= 11 is 13.6. The van der Waals surface area contributed by atoms with Crippen LogP contribution in [-0.2, 0) is 0 Å². The standard InChI is InChI=1S/C19H11Cl2NO2S/c20-11-5-7-13(14(21)9-11)19(23)22-12-6-8-16-18(10-12)25-17-4-2-1-3-15(17)24-16/h1-10H,(H,22,23). The van der Waals surface area contributed by atoms with E-state index in [9.17, 15) is 4.79 Å². The first-order valence-corrected chi connectivity index (χ1v) is 9.02. The van der Waals surface area contributed by atoms with Gasteiger partial charge < -0.3 is 10.1 Å². The van der Waals surface area contributed by atoms with Gasteiger partial charge in [0.25, 0.3) is 5.91 Å². The van der Waals surface area contributed by atoms with E-state index in [1.807, 2.05) is 36.4 Å². The van der Waals surface area contributed by atoms with Crippen molar-refractivity contribution in [3.63, 3.8) is 0 Å². The Bertz CT molecular complexity index is 991. The molecule has 0 aromatic heterocycles. The Morgan fingerprint density at radius 3 is 2.56 bits per heavy atom. The van der Waals surface area contributed by atoms with Gasteiger partial charge in [-0.1, -0.05) is 47.1 Å². The molecule has 3 aromatic rings. The zero-order chi connectivity index (χ0) is 17.4. The number of carbonyl (C=O) groups is 1. The van der Waals surface area contributed by atoms with Crippen molar-refractivity contribution in [3.8, 4) is 11.5 Å². The predicted molar refractivity (Wildman–Crippen MR) is 101 cm³/mol. The molecule has 0 unspecified atom stereocenters. The van der Waals surface area contributed by atoms with Gasteiger partial charge in [0.15, 0.2) is 0 Å². The molecular weight excluding hydrogens is 377 g/mol. The molecule has 124 valence electrons. The highest BCUT2D eigenvalue weighted by atomic mass is 35.5. The molecule has 0 atom stereocenters. The highest BCUT2D eigenvalue weighted by molar-refractivity contribution is 7.99. The smallest absolute Gasteiger partial charge is 0.257 e. The highest BCUT2D eigenvalue weighted by Gasteiger charge is 2.18. The van der Waals surface area contributed by atoms with Crippen LogP contribution in [0.2, 0.25) is 10.0 Å². The van der Waals surface area contributed by atoms with E-state index in [1.54, 1.807) is 36.0 Å². The van der Waals surface area contributed by atoms with E-state index in [2.05, 4.69) is 5.32 Å². The molecule has 1 N–H and O–H groups in total. The fourth-order valence-corrected chi connectivity index (χ4v) is 3.96. The largest absolute Gasteiger partial charge is 0.455 e. The Morgan fingerprint density at radius 2 is 1.72 bits per heavy atom. The van der Waals surface area contributed by atoms with E-state index in [4.69, 9.17) is 27.9 Å². The lowest BCUT2D eigenvalue weighted by molar-refractivity contribution is 0.102. The molecule has 6 heteroatoms. The monoisotopic (exact) mass is 387 g/mol. The van der Waals surface area contributed by atoms with Crippen LogP contribution >= 0.6 is 35.0 Å². The molecule has 25 heavy (non-hydrogen) atoms. The quantitative estimate of drug-likeness (QED) is 0.426. The van der Waals surface area contributed by atoms with Crippen LogP contribution in [0.5, 0.6) is 11.5 Å². The van der Waals surface area contributed by atoms with Crippen molar-refractivity contribution in [1.29, 1.82) is 0 Å². The third kappa shape index (κ3) is 3.33. The van der Waals surface area contributed by atoms with Crippen LogP contribution < -0.4 is 10.1 Å². The Labute approximate surface area is 158 Å². The molecule has 3 nitrogen and oxygen atoms in total. The lowest BCUT2D eigenvalue weighted by Gasteiger charge is -2.20. The van der Waals surface area contributed by atoms with E-state index in [1.165, 1.54) is 0 Å². The number of para-hydroxylation sites is 1. The molecule has 3 aromatic carbocycles. The highest BCUT2D eigenvalue weighted by Crippen LogP contribution is 2.47. The molecule has 1 amide bonds.